The number of aryl methyl sites for hydroxylation is 1. The number of rotatable bonds is 6. The summed E-state index contributed by atoms with van der Waals surface area (Å²) in [7, 11) is 0. The van der Waals surface area contributed by atoms with Gasteiger partial charge >= 0.3 is 0 Å². The molecule has 5 heteroatoms. The van der Waals surface area contributed by atoms with Crippen LogP contribution in [0.5, 0.6) is 5.88 Å². The SMILES string of the molecule is CC.CCC.O=C1CCc2ccc(OCCCCN3CCc4ccccc4C3)nc2N1. The normalized spacial score (nSPS) is 14.6. The molecule has 0 atom stereocenters. The van der Waals surface area contributed by atoms with Crippen LogP contribution in [0.2, 0.25) is 0 Å². The lowest BCUT2D eigenvalue weighted by Crippen LogP contribution is -2.31. The van der Waals surface area contributed by atoms with E-state index in [0.29, 0.717) is 24.7 Å². The number of ether oxygens (including phenoxy) is 1. The second kappa shape index (κ2) is 13.8. The Balaban J connectivity index is 0.000000630. The molecule has 4 rings (SSSR count). The van der Waals surface area contributed by atoms with Gasteiger partial charge in [-0.2, -0.15) is 4.98 Å². The molecule has 2 aliphatic rings. The largest absolute Gasteiger partial charge is 0.478 e. The molecule has 170 valence electrons. The molecule has 5 nitrogen and oxygen atoms in total. The van der Waals surface area contributed by atoms with Crippen LogP contribution < -0.4 is 10.1 Å². The molecule has 0 bridgehead atoms. The van der Waals surface area contributed by atoms with Crippen LogP contribution in [0.15, 0.2) is 36.4 Å². The minimum absolute atomic E-state index is 0.0326. The van der Waals surface area contributed by atoms with E-state index in [1.54, 1.807) is 0 Å². The lowest BCUT2D eigenvalue weighted by Gasteiger charge is -2.28. The Hall–Kier alpha value is -2.40. The summed E-state index contributed by atoms with van der Waals surface area (Å²) >= 11 is 0. The predicted molar refractivity (Wildman–Crippen MR) is 129 cm³/mol. The first-order valence-corrected chi connectivity index (χ1v) is 11.9. The predicted octanol–water partition coefficient (Wildman–Crippen LogP) is 5.63. The van der Waals surface area contributed by atoms with Gasteiger partial charge in [0, 0.05) is 25.6 Å². The average Bonchev–Trinajstić information content (AvgIpc) is 2.80. The maximum absolute atomic E-state index is 11.5. The summed E-state index contributed by atoms with van der Waals surface area (Å²) < 4.78 is 5.77. The van der Waals surface area contributed by atoms with Gasteiger partial charge in [0.15, 0.2) is 0 Å². The van der Waals surface area contributed by atoms with E-state index in [1.165, 1.54) is 17.5 Å². The van der Waals surface area contributed by atoms with Gasteiger partial charge in [0.2, 0.25) is 11.8 Å². The zero-order valence-corrected chi connectivity index (χ0v) is 19.7. The molecular formula is C26H39N3O2. The molecule has 0 spiro atoms. The Morgan fingerprint density at radius 1 is 0.968 bits per heavy atom. The lowest BCUT2D eigenvalue weighted by atomic mass is 10.00. The molecule has 31 heavy (non-hydrogen) atoms. The molecule has 3 heterocycles. The Kier molecular flexibility index (Phi) is 11.1. The standard InChI is InChI=1S/C21H25N3O2.C3H8.C2H6/c25-19-9-7-17-8-10-20(23-21(17)22-19)26-14-4-3-12-24-13-11-16-5-1-2-6-18(16)15-24;1-3-2;1-2/h1-2,5-6,8,10H,3-4,7,9,11-15H2,(H,22,23,25);3H2,1-2H3;1-2H3. The summed E-state index contributed by atoms with van der Waals surface area (Å²) in [6, 6.07) is 12.6. The van der Waals surface area contributed by atoms with E-state index in [-0.39, 0.29) is 5.91 Å². The van der Waals surface area contributed by atoms with Crippen molar-refractivity contribution in [3.8, 4) is 5.88 Å². The van der Waals surface area contributed by atoms with Gasteiger partial charge in [-0.1, -0.05) is 58.4 Å². The van der Waals surface area contributed by atoms with Gasteiger partial charge in [0.05, 0.1) is 6.61 Å². The highest BCUT2D eigenvalue weighted by atomic mass is 16.5. The summed E-state index contributed by atoms with van der Waals surface area (Å²) in [6.07, 6.45) is 5.81. The van der Waals surface area contributed by atoms with Crippen LogP contribution in [0.25, 0.3) is 0 Å². The van der Waals surface area contributed by atoms with Crippen LogP contribution in [0.1, 0.15) is 70.1 Å². The summed E-state index contributed by atoms with van der Waals surface area (Å²) in [5.74, 6) is 1.29. The van der Waals surface area contributed by atoms with Crippen molar-refractivity contribution < 1.29 is 9.53 Å². The van der Waals surface area contributed by atoms with E-state index in [9.17, 15) is 4.79 Å². The molecule has 0 saturated heterocycles. The summed E-state index contributed by atoms with van der Waals surface area (Å²) in [5.41, 5.74) is 4.05. The van der Waals surface area contributed by atoms with Gasteiger partial charge in [-0.3, -0.25) is 9.69 Å². The van der Waals surface area contributed by atoms with Crippen molar-refractivity contribution in [2.75, 3.05) is 25.0 Å². The van der Waals surface area contributed by atoms with Crippen LogP contribution in [0.4, 0.5) is 5.82 Å². The number of carbonyl (C=O) groups excluding carboxylic acids is 1. The number of hydrogen-bond acceptors (Lipinski definition) is 4. The second-order valence-corrected chi connectivity index (χ2v) is 7.76. The number of carbonyl (C=O) groups is 1. The van der Waals surface area contributed by atoms with Gasteiger partial charge < -0.3 is 10.1 Å². The summed E-state index contributed by atoms with van der Waals surface area (Å²) in [4.78, 5) is 18.4. The van der Waals surface area contributed by atoms with Crippen molar-refractivity contribution in [1.82, 2.24) is 9.88 Å². The third-order valence-electron chi connectivity index (χ3n) is 5.16. The summed E-state index contributed by atoms with van der Waals surface area (Å²) in [5, 5.41) is 2.82. The minimum atomic E-state index is 0.0326. The number of hydrogen-bond donors (Lipinski definition) is 1. The Labute approximate surface area is 188 Å². The number of anilines is 1. The molecule has 1 N–H and O–H groups in total. The second-order valence-electron chi connectivity index (χ2n) is 7.76. The van der Waals surface area contributed by atoms with Crippen LogP contribution in [0.3, 0.4) is 0 Å². The smallest absolute Gasteiger partial charge is 0.225 e. The fourth-order valence-corrected chi connectivity index (χ4v) is 3.66. The molecule has 0 fully saturated rings. The van der Waals surface area contributed by atoms with E-state index in [0.717, 1.165) is 50.9 Å². The molecule has 1 amide bonds. The van der Waals surface area contributed by atoms with Crippen LogP contribution in [-0.4, -0.2) is 35.5 Å². The van der Waals surface area contributed by atoms with E-state index < -0.39 is 0 Å². The first-order chi connectivity index (χ1) is 15.2. The Bertz CT molecular complexity index is 807. The van der Waals surface area contributed by atoms with Crippen molar-refractivity contribution in [2.45, 2.75) is 72.8 Å². The molecule has 0 saturated carbocycles. The summed E-state index contributed by atoms with van der Waals surface area (Å²) in [6.45, 7) is 12.2. The van der Waals surface area contributed by atoms with Crippen LogP contribution >= 0.6 is 0 Å². The number of nitrogens with one attached hydrogen (secondary N) is 1. The number of benzene rings is 1. The van der Waals surface area contributed by atoms with Gasteiger partial charge in [-0.25, -0.2) is 0 Å². The molecule has 0 unspecified atom stereocenters. The van der Waals surface area contributed by atoms with E-state index >= 15 is 0 Å². The molecule has 1 aromatic heterocycles. The quantitative estimate of drug-likeness (QED) is 0.610. The minimum Gasteiger partial charge on any atom is -0.478 e. The Morgan fingerprint density at radius 3 is 2.48 bits per heavy atom. The first kappa shape index (κ1) is 24.9. The first-order valence-electron chi connectivity index (χ1n) is 11.9. The highest BCUT2D eigenvalue weighted by Gasteiger charge is 2.17. The fourth-order valence-electron chi connectivity index (χ4n) is 3.66. The maximum Gasteiger partial charge on any atom is 0.225 e. The number of aromatic nitrogens is 1. The van der Waals surface area contributed by atoms with Crippen molar-refractivity contribution in [2.24, 2.45) is 0 Å². The number of unbranched alkanes of at least 4 members (excludes halogenated alkanes) is 1. The lowest BCUT2D eigenvalue weighted by molar-refractivity contribution is -0.116. The van der Waals surface area contributed by atoms with E-state index in [1.807, 2.05) is 26.0 Å². The maximum atomic E-state index is 11.5. The van der Waals surface area contributed by atoms with Crippen LogP contribution in [0, 0.1) is 0 Å². The number of fused-ring (bicyclic) bond motifs is 2. The van der Waals surface area contributed by atoms with Crippen molar-refractivity contribution >= 4 is 11.7 Å². The molecule has 1 aromatic carbocycles. The van der Waals surface area contributed by atoms with Crippen LogP contribution in [-0.2, 0) is 24.2 Å². The van der Waals surface area contributed by atoms with Crippen molar-refractivity contribution in [3.05, 3.63) is 53.1 Å². The Morgan fingerprint density at radius 2 is 1.71 bits per heavy atom. The van der Waals surface area contributed by atoms with E-state index in [4.69, 9.17) is 4.74 Å². The third-order valence-corrected chi connectivity index (χ3v) is 5.16. The van der Waals surface area contributed by atoms with Gasteiger partial charge in [0.25, 0.3) is 0 Å². The molecule has 0 radical (unpaired) electrons. The third kappa shape index (κ3) is 7.98. The molecule has 2 aromatic rings. The van der Waals surface area contributed by atoms with Gasteiger partial charge in [0.1, 0.15) is 5.82 Å². The molecule has 0 aliphatic carbocycles. The van der Waals surface area contributed by atoms with Gasteiger partial charge in [-0.05, 0) is 55.0 Å². The van der Waals surface area contributed by atoms with Gasteiger partial charge in [-0.15, -0.1) is 0 Å². The molecular weight excluding hydrogens is 386 g/mol. The average molecular weight is 426 g/mol. The van der Waals surface area contributed by atoms with Crippen molar-refractivity contribution in [1.29, 1.82) is 0 Å². The van der Waals surface area contributed by atoms with E-state index in [2.05, 4.69) is 53.3 Å². The topological polar surface area (TPSA) is 54.5 Å². The zero-order valence-electron chi connectivity index (χ0n) is 19.7. The zero-order chi connectivity index (χ0) is 22.5. The highest BCUT2D eigenvalue weighted by molar-refractivity contribution is 5.92. The molecule has 2 aliphatic heterocycles. The highest BCUT2D eigenvalue weighted by Crippen LogP contribution is 2.23. The fraction of sp³-hybridized carbons (Fsp3) is 0.538. The number of pyridine rings is 1. The van der Waals surface area contributed by atoms with Crippen molar-refractivity contribution in [3.63, 3.8) is 0 Å². The monoisotopic (exact) mass is 425 g/mol. The number of nitrogens with zero attached hydrogens (tertiary/aromatic N) is 2. The number of amides is 1.